The van der Waals surface area contributed by atoms with Crippen LogP contribution in [-0.4, -0.2) is 21.5 Å². The summed E-state index contributed by atoms with van der Waals surface area (Å²) in [6.45, 7) is 0.287. The first-order chi connectivity index (χ1) is 7.31. The van der Waals surface area contributed by atoms with Gasteiger partial charge in [0.2, 0.25) is 0 Å². The molecule has 3 heteroatoms. The number of fused-ring (bicyclic) bond motifs is 1. The van der Waals surface area contributed by atoms with Crippen LogP contribution in [0.3, 0.4) is 0 Å². The van der Waals surface area contributed by atoms with E-state index in [2.05, 4.69) is 17.2 Å². The minimum Gasteiger partial charge on any atom is -0.396 e. The van der Waals surface area contributed by atoms with Crippen molar-refractivity contribution in [2.24, 2.45) is 13.0 Å². The zero-order chi connectivity index (χ0) is 10.4. The monoisotopic (exact) mass is 202 g/mol. The minimum atomic E-state index is 0.287. The van der Waals surface area contributed by atoms with Crippen LogP contribution in [0, 0.1) is 5.92 Å². The highest BCUT2D eigenvalue weighted by Gasteiger charge is 2.40. The molecular weight excluding hydrogens is 188 g/mol. The standard InChI is InChI=1S/C12H14N2O/c1-14-11-5-3-2-4-9(11)12(13-14)10-6-8(10)7-15/h2-5,8,10,15H,6-7H2,1H3. The van der Waals surface area contributed by atoms with Crippen LogP contribution in [0.25, 0.3) is 10.9 Å². The Morgan fingerprint density at radius 1 is 1.47 bits per heavy atom. The van der Waals surface area contributed by atoms with Gasteiger partial charge in [-0.15, -0.1) is 0 Å². The molecule has 1 aliphatic carbocycles. The molecule has 0 bridgehead atoms. The summed E-state index contributed by atoms with van der Waals surface area (Å²) in [6.07, 6.45) is 1.08. The van der Waals surface area contributed by atoms with Crippen molar-refractivity contribution in [1.29, 1.82) is 0 Å². The van der Waals surface area contributed by atoms with Gasteiger partial charge in [-0.25, -0.2) is 0 Å². The van der Waals surface area contributed by atoms with Gasteiger partial charge >= 0.3 is 0 Å². The molecule has 15 heavy (non-hydrogen) atoms. The molecule has 2 atom stereocenters. The lowest BCUT2D eigenvalue weighted by atomic mass is 10.1. The van der Waals surface area contributed by atoms with Crippen LogP contribution in [-0.2, 0) is 7.05 Å². The average molecular weight is 202 g/mol. The quantitative estimate of drug-likeness (QED) is 0.804. The number of hydrogen-bond donors (Lipinski definition) is 1. The van der Waals surface area contributed by atoms with Gasteiger partial charge in [0.15, 0.2) is 0 Å². The molecule has 1 heterocycles. The van der Waals surface area contributed by atoms with Crippen LogP contribution in [0.5, 0.6) is 0 Å². The van der Waals surface area contributed by atoms with E-state index in [1.165, 1.54) is 10.9 Å². The van der Waals surface area contributed by atoms with Gasteiger partial charge in [0.05, 0.1) is 11.2 Å². The first-order valence-electron chi connectivity index (χ1n) is 5.33. The Morgan fingerprint density at radius 2 is 2.27 bits per heavy atom. The van der Waals surface area contributed by atoms with Gasteiger partial charge in [-0.2, -0.15) is 5.10 Å². The van der Waals surface area contributed by atoms with Crippen LogP contribution in [0.15, 0.2) is 24.3 Å². The van der Waals surface area contributed by atoms with Crippen LogP contribution in [0.4, 0.5) is 0 Å². The van der Waals surface area contributed by atoms with E-state index in [-0.39, 0.29) is 6.61 Å². The molecule has 1 aromatic carbocycles. The van der Waals surface area contributed by atoms with E-state index in [9.17, 15) is 0 Å². The molecule has 1 N–H and O–H groups in total. The number of nitrogens with zero attached hydrogens (tertiary/aromatic N) is 2. The van der Waals surface area contributed by atoms with Crippen LogP contribution >= 0.6 is 0 Å². The second-order valence-corrected chi connectivity index (χ2v) is 4.31. The van der Waals surface area contributed by atoms with E-state index in [0.717, 1.165) is 12.1 Å². The zero-order valence-electron chi connectivity index (χ0n) is 8.72. The number of aryl methyl sites for hydroxylation is 1. The number of aromatic nitrogens is 2. The lowest BCUT2D eigenvalue weighted by Crippen LogP contribution is -1.93. The normalized spacial score (nSPS) is 24.7. The molecule has 78 valence electrons. The van der Waals surface area contributed by atoms with Crippen molar-refractivity contribution in [2.45, 2.75) is 12.3 Å². The molecule has 3 nitrogen and oxygen atoms in total. The SMILES string of the molecule is Cn1nc(C2CC2CO)c2ccccc21. The molecule has 0 saturated heterocycles. The first-order valence-corrected chi connectivity index (χ1v) is 5.33. The van der Waals surface area contributed by atoms with E-state index >= 15 is 0 Å². The summed E-state index contributed by atoms with van der Waals surface area (Å²) in [6, 6.07) is 8.28. The van der Waals surface area contributed by atoms with Crippen molar-refractivity contribution in [3.63, 3.8) is 0 Å². The first kappa shape index (κ1) is 8.92. The second-order valence-electron chi connectivity index (χ2n) is 4.31. The van der Waals surface area contributed by atoms with E-state index in [1.54, 1.807) is 0 Å². The zero-order valence-corrected chi connectivity index (χ0v) is 8.72. The Labute approximate surface area is 88.3 Å². The van der Waals surface area contributed by atoms with Crippen LogP contribution < -0.4 is 0 Å². The molecule has 0 aliphatic heterocycles. The number of rotatable bonds is 2. The summed E-state index contributed by atoms with van der Waals surface area (Å²) in [5.41, 5.74) is 2.34. The summed E-state index contributed by atoms with van der Waals surface area (Å²) >= 11 is 0. The molecule has 1 aliphatic rings. The van der Waals surface area contributed by atoms with Crippen LogP contribution in [0.1, 0.15) is 18.0 Å². The predicted molar refractivity (Wildman–Crippen MR) is 58.6 cm³/mol. The molecule has 1 aromatic heterocycles. The number of aliphatic hydroxyl groups is 1. The average Bonchev–Trinajstić information content (AvgIpc) is 2.98. The number of benzene rings is 1. The number of hydrogen-bond acceptors (Lipinski definition) is 2. The Bertz CT molecular complexity index is 503. The van der Waals surface area contributed by atoms with E-state index in [4.69, 9.17) is 5.11 Å². The molecule has 2 unspecified atom stereocenters. The predicted octanol–water partition coefficient (Wildman–Crippen LogP) is 1.67. The maximum absolute atomic E-state index is 9.08. The van der Waals surface area contributed by atoms with Crippen LogP contribution in [0.2, 0.25) is 0 Å². The molecule has 0 amide bonds. The largest absolute Gasteiger partial charge is 0.396 e. The Hall–Kier alpha value is -1.35. The molecule has 0 spiro atoms. The summed E-state index contributed by atoms with van der Waals surface area (Å²) < 4.78 is 1.93. The summed E-state index contributed by atoms with van der Waals surface area (Å²) in [5.74, 6) is 0.907. The highest BCUT2D eigenvalue weighted by atomic mass is 16.3. The molecule has 1 saturated carbocycles. The van der Waals surface area contributed by atoms with E-state index < -0.39 is 0 Å². The van der Waals surface area contributed by atoms with Gasteiger partial charge in [-0.05, 0) is 18.4 Å². The van der Waals surface area contributed by atoms with Gasteiger partial charge in [0.1, 0.15) is 0 Å². The fraction of sp³-hybridized carbons (Fsp3) is 0.417. The maximum Gasteiger partial charge on any atom is 0.0737 e. The summed E-state index contributed by atoms with van der Waals surface area (Å²) in [5, 5.41) is 14.9. The van der Waals surface area contributed by atoms with Crippen molar-refractivity contribution < 1.29 is 5.11 Å². The van der Waals surface area contributed by atoms with Crippen molar-refractivity contribution in [3.8, 4) is 0 Å². The van der Waals surface area contributed by atoms with Gasteiger partial charge in [0.25, 0.3) is 0 Å². The lowest BCUT2D eigenvalue weighted by molar-refractivity contribution is 0.273. The van der Waals surface area contributed by atoms with Gasteiger partial charge < -0.3 is 5.11 Å². The van der Waals surface area contributed by atoms with Gasteiger partial charge in [0, 0.05) is 25.0 Å². The highest BCUT2D eigenvalue weighted by molar-refractivity contribution is 5.82. The highest BCUT2D eigenvalue weighted by Crippen LogP contribution is 2.48. The molecule has 1 fully saturated rings. The van der Waals surface area contributed by atoms with Crippen molar-refractivity contribution in [2.75, 3.05) is 6.61 Å². The van der Waals surface area contributed by atoms with Crippen molar-refractivity contribution >= 4 is 10.9 Å². The topological polar surface area (TPSA) is 38.0 Å². The van der Waals surface area contributed by atoms with E-state index in [1.807, 2.05) is 23.9 Å². The lowest BCUT2D eigenvalue weighted by Gasteiger charge is -1.93. The third-order valence-corrected chi connectivity index (χ3v) is 3.29. The third-order valence-electron chi connectivity index (χ3n) is 3.29. The fourth-order valence-corrected chi connectivity index (χ4v) is 2.30. The number of aliphatic hydroxyl groups excluding tert-OH is 1. The van der Waals surface area contributed by atoms with Crippen molar-refractivity contribution in [1.82, 2.24) is 9.78 Å². The number of para-hydroxylation sites is 1. The summed E-state index contributed by atoms with van der Waals surface area (Å²) in [4.78, 5) is 0. The Morgan fingerprint density at radius 3 is 3.00 bits per heavy atom. The second kappa shape index (κ2) is 3.07. The third kappa shape index (κ3) is 1.27. The fourth-order valence-electron chi connectivity index (χ4n) is 2.30. The van der Waals surface area contributed by atoms with E-state index in [0.29, 0.717) is 11.8 Å². The Kier molecular flexibility index (Phi) is 1.83. The Balaban J connectivity index is 2.12. The minimum absolute atomic E-state index is 0.287. The molecule has 0 radical (unpaired) electrons. The molecule has 3 rings (SSSR count). The maximum atomic E-state index is 9.08. The molecule has 2 aromatic rings. The van der Waals surface area contributed by atoms with Gasteiger partial charge in [-0.3, -0.25) is 4.68 Å². The smallest absolute Gasteiger partial charge is 0.0737 e. The molecular formula is C12H14N2O. The van der Waals surface area contributed by atoms with Crippen molar-refractivity contribution in [3.05, 3.63) is 30.0 Å². The summed E-state index contributed by atoms with van der Waals surface area (Å²) in [7, 11) is 1.97. The van der Waals surface area contributed by atoms with Gasteiger partial charge in [-0.1, -0.05) is 18.2 Å².